The zero-order valence-electron chi connectivity index (χ0n) is 19.3. The summed E-state index contributed by atoms with van der Waals surface area (Å²) >= 11 is 12.5. The first-order valence-corrected chi connectivity index (χ1v) is 11.8. The van der Waals surface area contributed by atoms with Crippen molar-refractivity contribution in [3.8, 4) is 11.5 Å². The lowest BCUT2D eigenvalue weighted by Crippen LogP contribution is -2.15. The monoisotopic (exact) mass is 516 g/mol. The summed E-state index contributed by atoms with van der Waals surface area (Å²) in [5.41, 5.74) is 2.47. The average molecular weight is 517 g/mol. The van der Waals surface area contributed by atoms with Gasteiger partial charge < -0.3 is 18.9 Å². The van der Waals surface area contributed by atoms with Gasteiger partial charge in [-0.25, -0.2) is 4.79 Å². The van der Waals surface area contributed by atoms with E-state index in [0.717, 1.165) is 16.7 Å². The molecule has 0 spiro atoms. The van der Waals surface area contributed by atoms with E-state index in [1.807, 2.05) is 30.3 Å². The molecule has 0 saturated carbocycles. The molecular formula is C27H26Cl2O6. The van der Waals surface area contributed by atoms with Crippen LogP contribution in [0.4, 0.5) is 0 Å². The van der Waals surface area contributed by atoms with Crippen LogP contribution in [0.2, 0.25) is 10.0 Å². The van der Waals surface area contributed by atoms with Gasteiger partial charge in [0.1, 0.15) is 18.1 Å². The molecule has 0 radical (unpaired) electrons. The van der Waals surface area contributed by atoms with Crippen molar-refractivity contribution in [1.29, 1.82) is 0 Å². The van der Waals surface area contributed by atoms with E-state index in [1.54, 1.807) is 36.4 Å². The van der Waals surface area contributed by atoms with Crippen molar-refractivity contribution in [2.24, 2.45) is 0 Å². The summed E-state index contributed by atoms with van der Waals surface area (Å²) in [7, 11) is 1.36. The van der Waals surface area contributed by atoms with E-state index in [2.05, 4.69) is 4.74 Å². The summed E-state index contributed by atoms with van der Waals surface area (Å²) in [4.78, 5) is 23.5. The van der Waals surface area contributed by atoms with Crippen LogP contribution in [0.3, 0.4) is 0 Å². The Balaban J connectivity index is 1.64. The molecule has 6 nitrogen and oxygen atoms in total. The summed E-state index contributed by atoms with van der Waals surface area (Å²) < 4.78 is 21.6. The second kappa shape index (κ2) is 13.6. The van der Waals surface area contributed by atoms with E-state index in [4.69, 9.17) is 37.4 Å². The van der Waals surface area contributed by atoms with Crippen LogP contribution in [0.15, 0.2) is 66.7 Å². The molecule has 0 unspecified atom stereocenters. The fourth-order valence-electron chi connectivity index (χ4n) is 3.28. The molecule has 3 aromatic rings. The fraction of sp³-hybridized carbons (Fsp3) is 0.259. The van der Waals surface area contributed by atoms with Crippen molar-refractivity contribution in [3.05, 3.63) is 93.5 Å². The molecule has 3 rings (SSSR count). The summed E-state index contributed by atoms with van der Waals surface area (Å²) in [6, 6.07) is 19.9. The van der Waals surface area contributed by atoms with Crippen LogP contribution < -0.4 is 9.47 Å². The van der Waals surface area contributed by atoms with Gasteiger partial charge in [0, 0.05) is 34.0 Å². The lowest BCUT2D eigenvalue weighted by atomic mass is 10.0. The molecule has 0 fully saturated rings. The Kier molecular flexibility index (Phi) is 10.3. The standard InChI is InChI=1S/C27H26Cl2O6/c1-32-26(30)8-5-13-33-24-11-9-22(28)15-20(24)14-21-16-23(29)10-12-25(21)34-18-27(31)35-17-19-6-3-2-4-7-19/h2-4,6-7,9-12,15-16H,5,8,13-14,17-18H2,1H3. The van der Waals surface area contributed by atoms with Gasteiger partial charge in [-0.15, -0.1) is 0 Å². The topological polar surface area (TPSA) is 71.1 Å². The highest BCUT2D eigenvalue weighted by Gasteiger charge is 2.13. The van der Waals surface area contributed by atoms with Crippen LogP contribution in [0.5, 0.6) is 11.5 Å². The normalized spacial score (nSPS) is 10.5. The zero-order chi connectivity index (χ0) is 25.0. The highest BCUT2D eigenvalue weighted by molar-refractivity contribution is 6.31. The van der Waals surface area contributed by atoms with Crippen molar-refractivity contribution in [2.45, 2.75) is 25.9 Å². The molecule has 0 heterocycles. The highest BCUT2D eigenvalue weighted by Crippen LogP contribution is 2.31. The molecule has 0 saturated heterocycles. The molecule has 0 aliphatic carbocycles. The van der Waals surface area contributed by atoms with Crippen LogP contribution in [0.25, 0.3) is 0 Å². The lowest BCUT2D eigenvalue weighted by molar-refractivity contribution is -0.147. The van der Waals surface area contributed by atoms with Crippen molar-refractivity contribution < 1.29 is 28.5 Å². The molecule has 0 aliphatic rings. The molecule has 184 valence electrons. The third-order valence-corrected chi connectivity index (χ3v) is 5.49. The molecule has 0 atom stereocenters. The van der Waals surface area contributed by atoms with Crippen molar-refractivity contribution in [2.75, 3.05) is 20.3 Å². The third-order valence-electron chi connectivity index (χ3n) is 5.02. The number of carbonyl (C=O) groups is 2. The molecule has 35 heavy (non-hydrogen) atoms. The number of ether oxygens (including phenoxy) is 4. The highest BCUT2D eigenvalue weighted by atomic mass is 35.5. The molecule has 0 N–H and O–H groups in total. The molecule has 0 bridgehead atoms. The Labute approximate surface area is 214 Å². The van der Waals surface area contributed by atoms with Crippen LogP contribution in [-0.4, -0.2) is 32.3 Å². The van der Waals surface area contributed by atoms with Crippen molar-refractivity contribution in [3.63, 3.8) is 0 Å². The van der Waals surface area contributed by atoms with Gasteiger partial charge in [-0.1, -0.05) is 53.5 Å². The van der Waals surface area contributed by atoms with Crippen LogP contribution >= 0.6 is 23.2 Å². The smallest absolute Gasteiger partial charge is 0.344 e. The fourth-order valence-corrected chi connectivity index (χ4v) is 3.67. The quantitative estimate of drug-likeness (QED) is 0.216. The van der Waals surface area contributed by atoms with Gasteiger partial charge in [-0.05, 0) is 48.4 Å². The molecular weight excluding hydrogens is 491 g/mol. The third kappa shape index (κ3) is 8.81. The van der Waals surface area contributed by atoms with E-state index in [0.29, 0.717) is 41.0 Å². The summed E-state index contributed by atoms with van der Waals surface area (Å²) in [5.74, 6) is 0.371. The maximum Gasteiger partial charge on any atom is 0.344 e. The van der Waals surface area contributed by atoms with E-state index < -0.39 is 5.97 Å². The van der Waals surface area contributed by atoms with Gasteiger partial charge in [0.05, 0.1) is 13.7 Å². The minimum absolute atomic E-state index is 0.176. The largest absolute Gasteiger partial charge is 0.493 e. The van der Waals surface area contributed by atoms with Crippen LogP contribution in [-0.2, 0) is 32.1 Å². The Morgan fingerprint density at radius 1 is 0.800 bits per heavy atom. The molecule has 8 heteroatoms. The first-order chi connectivity index (χ1) is 16.9. The van der Waals surface area contributed by atoms with Gasteiger partial charge in [-0.3, -0.25) is 4.79 Å². The minimum Gasteiger partial charge on any atom is -0.493 e. The first-order valence-electron chi connectivity index (χ1n) is 11.0. The predicted molar refractivity (Wildman–Crippen MR) is 134 cm³/mol. The van der Waals surface area contributed by atoms with Gasteiger partial charge in [0.15, 0.2) is 6.61 Å². The van der Waals surface area contributed by atoms with E-state index in [1.165, 1.54) is 7.11 Å². The Morgan fingerprint density at radius 2 is 1.43 bits per heavy atom. The number of methoxy groups -OCH3 is 1. The first kappa shape index (κ1) is 26.4. The number of halogens is 2. The van der Waals surface area contributed by atoms with E-state index in [9.17, 15) is 9.59 Å². The number of hydrogen-bond donors (Lipinski definition) is 0. The maximum absolute atomic E-state index is 12.2. The number of hydrogen-bond acceptors (Lipinski definition) is 6. The average Bonchev–Trinajstić information content (AvgIpc) is 2.86. The van der Waals surface area contributed by atoms with E-state index >= 15 is 0 Å². The van der Waals surface area contributed by atoms with E-state index in [-0.39, 0.29) is 25.6 Å². The predicted octanol–water partition coefficient (Wildman–Crippen LogP) is 6.04. The van der Waals surface area contributed by atoms with Crippen molar-refractivity contribution >= 4 is 35.1 Å². The lowest BCUT2D eigenvalue weighted by Gasteiger charge is -2.15. The molecule has 0 aromatic heterocycles. The minimum atomic E-state index is -0.480. The van der Waals surface area contributed by atoms with Gasteiger partial charge in [0.2, 0.25) is 0 Å². The SMILES string of the molecule is COC(=O)CCCOc1ccc(Cl)cc1Cc1cc(Cl)ccc1OCC(=O)OCc1ccccc1. The van der Waals surface area contributed by atoms with Crippen molar-refractivity contribution in [1.82, 2.24) is 0 Å². The molecule has 0 amide bonds. The molecule has 3 aromatic carbocycles. The number of esters is 2. The summed E-state index contributed by atoms with van der Waals surface area (Å²) in [6.45, 7) is 0.277. The van der Waals surface area contributed by atoms with Gasteiger partial charge in [-0.2, -0.15) is 0 Å². The Morgan fingerprint density at radius 3 is 2.06 bits per heavy atom. The maximum atomic E-state index is 12.2. The second-order valence-corrected chi connectivity index (χ2v) is 8.52. The Bertz CT molecular complexity index is 1130. The second-order valence-electron chi connectivity index (χ2n) is 7.64. The number of rotatable bonds is 12. The number of carbonyl (C=O) groups excluding carboxylic acids is 2. The summed E-state index contributed by atoms with van der Waals surface area (Å²) in [6.07, 6.45) is 1.19. The zero-order valence-corrected chi connectivity index (χ0v) is 20.8. The van der Waals surface area contributed by atoms with Gasteiger partial charge >= 0.3 is 11.9 Å². The number of benzene rings is 3. The Hall–Kier alpha value is -3.22. The molecule has 0 aliphatic heterocycles. The van der Waals surface area contributed by atoms with Crippen LogP contribution in [0, 0.1) is 0 Å². The summed E-state index contributed by atoms with van der Waals surface area (Å²) in [5, 5.41) is 1.08. The van der Waals surface area contributed by atoms with Gasteiger partial charge in [0.25, 0.3) is 0 Å². The van der Waals surface area contributed by atoms with Crippen LogP contribution in [0.1, 0.15) is 29.5 Å².